The number of rotatable bonds is 4. The number of piperidine rings is 1. The standard InChI is InChI=1S/C24H27ClN8OS.2H2S/c1-15-20(27)24(14-34-15)3-7-31(8-4-24)23-30-11-18(21-29-6-9-33(21)23)35-17-2-5-28-22(19(17)25)32-12-16(10-26)13-32;;/h2,5-6,9,11,15-16,20H,3-4,7-8,12-14,27H2,1H3;2*1H2/t15-,20+;;/m0../s1. The minimum absolute atomic E-state index is 0. The van der Waals surface area contributed by atoms with Crippen LogP contribution in [0.15, 0.2) is 40.6 Å². The van der Waals surface area contributed by atoms with Crippen LogP contribution in [0.3, 0.4) is 0 Å². The Morgan fingerprint density at radius 3 is 2.57 bits per heavy atom. The van der Waals surface area contributed by atoms with Gasteiger partial charge in [0.15, 0.2) is 5.65 Å². The molecule has 2 N–H and O–H groups in total. The fourth-order valence-electron chi connectivity index (χ4n) is 5.38. The molecule has 37 heavy (non-hydrogen) atoms. The molecule has 3 aliphatic rings. The Kier molecular flexibility index (Phi) is 8.43. The quantitative estimate of drug-likeness (QED) is 0.498. The molecule has 3 saturated heterocycles. The van der Waals surface area contributed by atoms with Crippen molar-refractivity contribution in [2.24, 2.45) is 17.1 Å². The van der Waals surface area contributed by atoms with Gasteiger partial charge in [0.2, 0.25) is 5.95 Å². The van der Waals surface area contributed by atoms with E-state index in [2.05, 4.69) is 32.3 Å². The fraction of sp³-hybridized carbons (Fsp3) is 0.500. The van der Waals surface area contributed by atoms with Crippen molar-refractivity contribution in [3.63, 3.8) is 0 Å². The summed E-state index contributed by atoms with van der Waals surface area (Å²) in [6.45, 7) is 5.90. The Bertz CT molecular complexity index is 1300. The molecular formula is C24H31ClN8OS3. The molecule has 13 heteroatoms. The highest BCUT2D eigenvalue weighted by molar-refractivity contribution is 7.99. The summed E-state index contributed by atoms with van der Waals surface area (Å²) in [4.78, 5) is 20.1. The van der Waals surface area contributed by atoms with Crippen LogP contribution in [0.2, 0.25) is 5.02 Å². The zero-order chi connectivity index (χ0) is 24.2. The van der Waals surface area contributed by atoms with Crippen molar-refractivity contribution in [1.29, 1.82) is 5.26 Å². The van der Waals surface area contributed by atoms with E-state index in [4.69, 9.17) is 32.3 Å². The van der Waals surface area contributed by atoms with Crippen molar-refractivity contribution < 1.29 is 4.74 Å². The average Bonchev–Trinajstić information content (AvgIpc) is 3.44. The Balaban J connectivity index is 0.00000160. The Hall–Kier alpha value is -1.88. The van der Waals surface area contributed by atoms with Gasteiger partial charge in [0, 0.05) is 67.3 Å². The molecular weight excluding hydrogens is 548 g/mol. The van der Waals surface area contributed by atoms with Crippen LogP contribution in [0.25, 0.3) is 5.65 Å². The smallest absolute Gasteiger partial charge is 0.211 e. The maximum atomic E-state index is 9.08. The molecule has 0 aliphatic carbocycles. The molecule has 2 atom stereocenters. The number of fused-ring (bicyclic) bond motifs is 1. The van der Waals surface area contributed by atoms with Gasteiger partial charge in [0.05, 0.1) is 34.6 Å². The van der Waals surface area contributed by atoms with Crippen LogP contribution >= 0.6 is 50.4 Å². The number of pyridine rings is 1. The number of hydrogen-bond donors (Lipinski definition) is 1. The lowest BCUT2D eigenvalue weighted by molar-refractivity contribution is 0.0973. The molecule has 6 heterocycles. The average molecular weight is 579 g/mol. The van der Waals surface area contributed by atoms with Crippen LogP contribution in [-0.4, -0.2) is 64.3 Å². The third-order valence-corrected chi connectivity index (χ3v) is 9.23. The maximum Gasteiger partial charge on any atom is 0.211 e. The first-order chi connectivity index (χ1) is 17.0. The van der Waals surface area contributed by atoms with E-state index in [0.717, 1.165) is 59.7 Å². The number of nitrogens with two attached hydrogens (primary N) is 1. The number of ether oxygens (including phenoxy) is 1. The van der Waals surface area contributed by atoms with Gasteiger partial charge >= 0.3 is 0 Å². The number of aromatic nitrogens is 4. The van der Waals surface area contributed by atoms with E-state index in [1.165, 1.54) is 11.8 Å². The summed E-state index contributed by atoms with van der Waals surface area (Å²) in [5.41, 5.74) is 7.41. The van der Waals surface area contributed by atoms with E-state index in [1.807, 2.05) is 23.4 Å². The van der Waals surface area contributed by atoms with Crippen molar-refractivity contribution in [3.8, 4) is 6.07 Å². The third kappa shape index (κ3) is 4.86. The minimum Gasteiger partial charge on any atom is -0.376 e. The zero-order valence-corrected chi connectivity index (χ0v) is 24.0. The number of nitrogens with zero attached hydrogens (tertiary/aromatic N) is 7. The van der Waals surface area contributed by atoms with Crippen molar-refractivity contribution in [2.45, 2.75) is 41.7 Å². The summed E-state index contributed by atoms with van der Waals surface area (Å²) in [6, 6.07) is 4.28. The first-order valence-corrected chi connectivity index (χ1v) is 13.1. The molecule has 0 aromatic carbocycles. The molecule has 3 aromatic rings. The van der Waals surface area contributed by atoms with Crippen LogP contribution in [0.1, 0.15) is 19.8 Å². The van der Waals surface area contributed by atoms with Gasteiger partial charge in [0.1, 0.15) is 5.82 Å². The molecule has 3 aromatic heterocycles. The minimum atomic E-state index is 0. The van der Waals surface area contributed by atoms with Gasteiger partial charge in [-0.2, -0.15) is 32.3 Å². The van der Waals surface area contributed by atoms with Crippen LogP contribution in [0, 0.1) is 22.7 Å². The summed E-state index contributed by atoms with van der Waals surface area (Å²) in [5.74, 6) is 1.65. The number of imidazole rings is 1. The molecule has 6 rings (SSSR count). The van der Waals surface area contributed by atoms with Crippen molar-refractivity contribution in [2.75, 3.05) is 42.6 Å². The summed E-state index contributed by atoms with van der Waals surface area (Å²) in [7, 11) is 0. The van der Waals surface area contributed by atoms with Crippen LogP contribution in [-0.2, 0) is 4.74 Å². The van der Waals surface area contributed by atoms with Crippen molar-refractivity contribution in [1.82, 2.24) is 19.4 Å². The lowest BCUT2D eigenvalue weighted by Gasteiger charge is -2.41. The molecule has 1 spiro atoms. The van der Waals surface area contributed by atoms with Crippen LogP contribution in [0.5, 0.6) is 0 Å². The largest absolute Gasteiger partial charge is 0.376 e. The molecule has 198 valence electrons. The normalized spacial score (nSPS) is 22.9. The monoisotopic (exact) mass is 578 g/mol. The summed E-state index contributed by atoms with van der Waals surface area (Å²) >= 11 is 8.26. The SMILES string of the molecule is C[C@@H]1OCC2(CCN(c3ncc(Sc4ccnc(N5CC(C#N)C5)c4Cl)c4nccn34)CC2)[C@@H]1N.S.S. The topological polar surface area (TPSA) is 109 Å². The highest BCUT2D eigenvalue weighted by Gasteiger charge is 2.47. The van der Waals surface area contributed by atoms with E-state index in [-0.39, 0.29) is 50.5 Å². The second-order valence-corrected chi connectivity index (χ2v) is 11.2. The lowest BCUT2D eigenvalue weighted by atomic mass is 9.73. The Morgan fingerprint density at radius 1 is 1.14 bits per heavy atom. The summed E-state index contributed by atoms with van der Waals surface area (Å²) in [5, 5.41) is 9.67. The first-order valence-electron chi connectivity index (χ1n) is 11.9. The molecule has 3 fully saturated rings. The molecule has 0 radical (unpaired) electrons. The molecule has 0 saturated carbocycles. The maximum absolute atomic E-state index is 9.08. The predicted molar refractivity (Wildman–Crippen MR) is 156 cm³/mol. The lowest BCUT2D eigenvalue weighted by Crippen LogP contribution is -2.51. The van der Waals surface area contributed by atoms with E-state index >= 15 is 0 Å². The fourth-order valence-corrected chi connectivity index (χ4v) is 6.62. The van der Waals surface area contributed by atoms with Crippen LogP contribution in [0.4, 0.5) is 11.8 Å². The number of hydrogen-bond acceptors (Lipinski definition) is 9. The van der Waals surface area contributed by atoms with E-state index in [1.54, 1.807) is 12.4 Å². The van der Waals surface area contributed by atoms with Gasteiger partial charge in [-0.1, -0.05) is 23.4 Å². The highest BCUT2D eigenvalue weighted by atomic mass is 35.5. The second kappa shape index (κ2) is 11.1. The first kappa shape index (κ1) is 28.1. The molecule has 3 aliphatic heterocycles. The number of anilines is 2. The summed E-state index contributed by atoms with van der Waals surface area (Å²) in [6.07, 6.45) is 9.50. The van der Waals surface area contributed by atoms with Crippen LogP contribution < -0.4 is 15.5 Å². The third-order valence-electron chi connectivity index (χ3n) is 7.68. The van der Waals surface area contributed by atoms with Gasteiger partial charge in [-0.25, -0.2) is 15.0 Å². The van der Waals surface area contributed by atoms with Gasteiger partial charge in [0.25, 0.3) is 0 Å². The number of nitriles is 1. The van der Waals surface area contributed by atoms with Gasteiger partial charge < -0.3 is 20.3 Å². The molecule has 0 bridgehead atoms. The van der Waals surface area contributed by atoms with E-state index < -0.39 is 0 Å². The molecule has 9 nitrogen and oxygen atoms in total. The van der Waals surface area contributed by atoms with Gasteiger partial charge in [-0.05, 0) is 25.8 Å². The van der Waals surface area contributed by atoms with Crippen molar-refractivity contribution in [3.05, 3.63) is 35.9 Å². The zero-order valence-electron chi connectivity index (χ0n) is 20.5. The van der Waals surface area contributed by atoms with E-state index in [0.29, 0.717) is 18.1 Å². The van der Waals surface area contributed by atoms with Gasteiger partial charge in [-0.3, -0.25) is 4.40 Å². The number of halogens is 1. The Labute approximate surface area is 239 Å². The van der Waals surface area contributed by atoms with Crippen molar-refractivity contribution >= 4 is 67.8 Å². The molecule has 0 unspecified atom stereocenters. The van der Waals surface area contributed by atoms with E-state index in [9.17, 15) is 0 Å². The summed E-state index contributed by atoms with van der Waals surface area (Å²) < 4.78 is 7.93. The molecule has 0 amide bonds. The highest BCUT2D eigenvalue weighted by Crippen LogP contribution is 2.43. The predicted octanol–water partition coefficient (Wildman–Crippen LogP) is 3.45. The Morgan fingerprint density at radius 2 is 1.89 bits per heavy atom. The second-order valence-electron chi connectivity index (χ2n) is 9.71. The van der Waals surface area contributed by atoms with Gasteiger partial charge in [-0.15, -0.1) is 0 Å².